The van der Waals surface area contributed by atoms with Crippen LogP contribution >= 0.6 is 0 Å². The highest BCUT2D eigenvalue weighted by Gasteiger charge is 2.06. The summed E-state index contributed by atoms with van der Waals surface area (Å²) in [5, 5.41) is 2.89. The van der Waals surface area contributed by atoms with Crippen molar-refractivity contribution in [1.29, 1.82) is 0 Å². The topological polar surface area (TPSA) is 55.1 Å². The number of nitrogens with one attached hydrogen (secondary N) is 1. The van der Waals surface area contributed by atoms with Gasteiger partial charge in [-0.25, -0.2) is 9.37 Å². The smallest absolute Gasteiger partial charge is 0.220 e. The van der Waals surface area contributed by atoms with Crippen LogP contribution in [0, 0.1) is 12.7 Å². The summed E-state index contributed by atoms with van der Waals surface area (Å²) < 4.78 is 18.3. The molecule has 0 aliphatic carbocycles. The molecular weight excluding hydrogens is 307 g/mol. The fraction of sp³-hybridized carbons (Fsp3) is 0.263. The van der Waals surface area contributed by atoms with Crippen molar-refractivity contribution in [3.63, 3.8) is 0 Å². The molecule has 0 radical (unpaired) electrons. The second-order valence-corrected chi connectivity index (χ2v) is 5.76. The third-order valence-corrected chi connectivity index (χ3v) is 3.85. The molecule has 1 amide bonds. The molecule has 0 saturated carbocycles. The van der Waals surface area contributed by atoms with Crippen molar-refractivity contribution in [2.75, 3.05) is 6.54 Å². The molecule has 1 aromatic heterocycles. The number of rotatable bonds is 6. The zero-order valence-corrected chi connectivity index (χ0v) is 13.5. The van der Waals surface area contributed by atoms with Crippen LogP contribution in [0.1, 0.15) is 23.4 Å². The highest BCUT2D eigenvalue weighted by Crippen LogP contribution is 2.17. The van der Waals surface area contributed by atoms with Crippen molar-refractivity contribution in [1.82, 2.24) is 10.3 Å². The first-order chi connectivity index (χ1) is 11.6. The van der Waals surface area contributed by atoms with Crippen molar-refractivity contribution < 1.29 is 13.6 Å². The Bertz CT molecular complexity index is 840. The fourth-order valence-electron chi connectivity index (χ4n) is 2.59. The molecule has 0 atom stereocenters. The molecular formula is C19H19FN2O2. The largest absolute Gasteiger partial charge is 0.441 e. The lowest BCUT2D eigenvalue weighted by atomic mass is 10.1. The monoisotopic (exact) mass is 326 g/mol. The molecule has 0 unspecified atom stereocenters. The van der Waals surface area contributed by atoms with Gasteiger partial charge in [-0.15, -0.1) is 0 Å². The lowest BCUT2D eigenvalue weighted by Gasteiger charge is -2.06. The Morgan fingerprint density at radius 3 is 2.67 bits per heavy atom. The second-order valence-electron chi connectivity index (χ2n) is 5.76. The number of aryl methyl sites for hydroxylation is 2. The summed E-state index contributed by atoms with van der Waals surface area (Å²) in [5.74, 6) is 0.399. The average molecular weight is 326 g/mol. The molecule has 24 heavy (non-hydrogen) atoms. The highest BCUT2D eigenvalue weighted by atomic mass is 19.1. The molecule has 0 aliphatic heterocycles. The summed E-state index contributed by atoms with van der Waals surface area (Å²) in [6, 6.07) is 12.1. The van der Waals surface area contributed by atoms with Crippen molar-refractivity contribution in [3.05, 3.63) is 65.3 Å². The van der Waals surface area contributed by atoms with Crippen LogP contribution in [0.15, 0.2) is 46.9 Å². The van der Waals surface area contributed by atoms with E-state index in [9.17, 15) is 9.18 Å². The minimum Gasteiger partial charge on any atom is -0.441 e. The molecule has 1 N–H and O–H groups in total. The molecule has 0 aliphatic rings. The van der Waals surface area contributed by atoms with Crippen molar-refractivity contribution in [2.45, 2.75) is 26.2 Å². The minimum atomic E-state index is -0.248. The van der Waals surface area contributed by atoms with Crippen LogP contribution in [-0.2, 0) is 17.6 Å². The van der Waals surface area contributed by atoms with Crippen LogP contribution < -0.4 is 5.32 Å². The van der Waals surface area contributed by atoms with Gasteiger partial charge in [-0.05, 0) is 48.2 Å². The summed E-state index contributed by atoms with van der Waals surface area (Å²) >= 11 is 0. The predicted octanol–water partition coefficient (Wildman–Crippen LogP) is 3.57. The lowest BCUT2D eigenvalue weighted by Crippen LogP contribution is -2.25. The highest BCUT2D eigenvalue weighted by molar-refractivity contribution is 5.77. The number of carbonyl (C=O) groups excluding carboxylic acids is 1. The third-order valence-electron chi connectivity index (χ3n) is 3.85. The zero-order valence-electron chi connectivity index (χ0n) is 13.5. The predicted molar refractivity (Wildman–Crippen MR) is 90.2 cm³/mol. The van der Waals surface area contributed by atoms with Gasteiger partial charge >= 0.3 is 0 Å². The molecule has 3 aromatic rings. The first-order valence-electron chi connectivity index (χ1n) is 7.97. The maximum Gasteiger partial charge on any atom is 0.220 e. The quantitative estimate of drug-likeness (QED) is 0.753. The van der Waals surface area contributed by atoms with Gasteiger partial charge in [-0.3, -0.25) is 4.79 Å². The second kappa shape index (κ2) is 7.25. The van der Waals surface area contributed by atoms with Gasteiger partial charge in [0.2, 0.25) is 5.91 Å². The van der Waals surface area contributed by atoms with Crippen LogP contribution in [0.2, 0.25) is 0 Å². The molecule has 0 bridgehead atoms. The molecule has 2 aromatic carbocycles. The van der Waals surface area contributed by atoms with E-state index in [0.29, 0.717) is 31.7 Å². The van der Waals surface area contributed by atoms with Gasteiger partial charge in [0.1, 0.15) is 11.3 Å². The van der Waals surface area contributed by atoms with Crippen LogP contribution in [0.3, 0.4) is 0 Å². The van der Waals surface area contributed by atoms with Crippen molar-refractivity contribution >= 4 is 17.0 Å². The number of oxazole rings is 1. The Morgan fingerprint density at radius 1 is 1.12 bits per heavy atom. The number of amides is 1. The normalized spacial score (nSPS) is 10.9. The van der Waals surface area contributed by atoms with Gasteiger partial charge in [0.15, 0.2) is 11.5 Å². The molecule has 0 saturated heterocycles. The number of aromatic nitrogens is 1. The van der Waals surface area contributed by atoms with E-state index in [2.05, 4.69) is 10.3 Å². The van der Waals surface area contributed by atoms with E-state index >= 15 is 0 Å². The number of hydrogen-bond acceptors (Lipinski definition) is 3. The number of fused-ring (bicyclic) bond motifs is 1. The standard InChI is InChI=1S/C19H19FN2O2/c1-13-22-17-12-15(4-8-18(17)24-13)5-9-19(23)21-11-10-14-2-6-16(20)7-3-14/h2-4,6-8,12H,5,9-11H2,1H3,(H,21,23). The Morgan fingerprint density at radius 2 is 1.88 bits per heavy atom. The summed E-state index contributed by atoms with van der Waals surface area (Å²) in [6.07, 6.45) is 1.77. The van der Waals surface area contributed by atoms with Crippen LogP contribution in [-0.4, -0.2) is 17.4 Å². The van der Waals surface area contributed by atoms with Crippen LogP contribution in [0.5, 0.6) is 0 Å². The first kappa shape index (κ1) is 16.2. The summed E-state index contributed by atoms with van der Waals surface area (Å²) in [5.41, 5.74) is 3.65. The van der Waals surface area contributed by atoms with Gasteiger partial charge in [-0.1, -0.05) is 18.2 Å². The van der Waals surface area contributed by atoms with E-state index in [1.807, 2.05) is 25.1 Å². The Kier molecular flexibility index (Phi) is 4.89. The van der Waals surface area contributed by atoms with Gasteiger partial charge in [-0.2, -0.15) is 0 Å². The van der Waals surface area contributed by atoms with Gasteiger partial charge in [0, 0.05) is 19.9 Å². The Labute approximate surface area is 139 Å². The van der Waals surface area contributed by atoms with Crippen molar-refractivity contribution in [3.8, 4) is 0 Å². The number of halogens is 1. The fourth-order valence-corrected chi connectivity index (χ4v) is 2.59. The van der Waals surface area contributed by atoms with Crippen molar-refractivity contribution in [2.24, 2.45) is 0 Å². The summed E-state index contributed by atoms with van der Waals surface area (Å²) in [4.78, 5) is 16.2. The van der Waals surface area contributed by atoms with Gasteiger partial charge in [0.25, 0.3) is 0 Å². The zero-order chi connectivity index (χ0) is 16.9. The number of nitrogens with zero attached hydrogens (tertiary/aromatic N) is 1. The number of hydrogen-bond donors (Lipinski definition) is 1. The van der Waals surface area contributed by atoms with E-state index in [1.165, 1.54) is 12.1 Å². The first-order valence-corrected chi connectivity index (χ1v) is 7.97. The lowest BCUT2D eigenvalue weighted by molar-refractivity contribution is -0.121. The van der Waals surface area contributed by atoms with E-state index < -0.39 is 0 Å². The number of carbonyl (C=O) groups is 1. The van der Waals surface area contributed by atoms with E-state index in [1.54, 1.807) is 12.1 Å². The molecule has 124 valence electrons. The maximum atomic E-state index is 12.8. The molecule has 4 nitrogen and oxygen atoms in total. The van der Waals surface area contributed by atoms with Gasteiger partial charge in [0.05, 0.1) is 0 Å². The van der Waals surface area contributed by atoms with E-state index in [4.69, 9.17) is 4.42 Å². The molecule has 5 heteroatoms. The van der Waals surface area contributed by atoms with Gasteiger partial charge < -0.3 is 9.73 Å². The van der Waals surface area contributed by atoms with Crippen LogP contribution in [0.25, 0.3) is 11.1 Å². The molecule has 1 heterocycles. The minimum absolute atomic E-state index is 0.00791. The number of benzene rings is 2. The maximum absolute atomic E-state index is 12.8. The Hall–Kier alpha value is -2.69. The summed E-state index contributed by atoms with van der Waals surface area (Å²) in [6.45, 7) is 2.36. The summed E-state index contributed by atoms with van der Waals surface area (Å²) in [7, 11) is 0. The van der Waals surface area contributed by atoms with E-state index in [-0.39, 0.29) is 11.7 Å². The SMILES string of the molecule is Cc1nc2cc(CCC(=O)NCCc3ccc(F)cc3)ccc2o1. The average Bonchev–Trinajstić information content (AvgIpc) is 2.94. The molecule has 0 fully saturated rings. The Balaban J connectivity index is 1.45. The van der Waals surface area contributed by atoms with Crippen LogP contribution in [0.4, 0.5) is 4.39 Å². The van der Waals surface area contributed by atoms with E-state index in [0.717, 1.165) is 22.2 Å². The molecule has 0 spiro atoms. The molecule has 3 rings (SSSR count). The third kappa shape index (κ3) is 4.19.